The molecule has 0 fully saturated rings. The van der Waals surface area contributed by atoms with Crippen molar-refractivity contribution in [3.63, 3.8) is 0 Å². The fourth-order valence-corrected chi connectivity index (χ4v) is 9.94. The summed E-state index contributed by atoms with van der Waals surface area (Å²) in [7, 11) is -2.22. The molecule has 1 aromatic heterocycles. The lowest BCUT2D eigenvalue weighted by Crippen LogP contribution is -2.24. The third-order valence-electron chi connectivity index (χ3n) is 7.83. The van der Waals surface area contributed by atoms with Crippen LogP contribution in [0.4, 0.5) is 0 Å². The lowest BCUT2D eigenvalue weighted by Gasteiger charge is -2.27. The molecular weight excluding hydrogens is 554 g/mol. The monoisotopic (exact) mass is 586 g/mol. The second kappa shape index (κ2) is 11.8. The van der Waals surface area contributed by atoms with Gasteiger partial charge in [0.1, 0.15) is 11.2 Å². The Bertz CT molecular complexity index is 1900. The maximum absolute atomic E-state index is 6.63. The van der Waals surface area contributed by atoms with E-state index in [1.807, 2.05) is 0 Å². The van der Waals surface area contributed by atoms with Crippen LogP contribution in [0.25, 0.3) is 43.5 Å². The van der Waals surface area contributed by atoms with Crippen LogP contribution >= 0.6 is 16.2 Å². The Morgan fingerprint density at radius 1 is 0.571 bits per heavy atom. The Morgan fingerprint density at radius 3 is 1.52 bits per heavy atom. The molecule has 2 atom stereocenters. The topological polar surface area (TPSA) is 35.5 Å². The smallest absolute Gasteiger partial charge is 0.387 e. The normalized spacial score (nSPS) is 13.2. The largest absolute Gasteiger partial charge is 0.399 e. The molecular formula is C37H32O3P2. The molecule has 6 aromatic carbocycles. The molecule has 0 amide bonds. The minimum Gasteiger partial charge on any atom is -0.399 e. The zero-order chi connectivity index (χ0) is 28.5. The van der Waals surface area contributed by atoms with Gasteiger partial charge < -0.3 is 8.39 Å². The predicted molar refractivity (Wildman–Crippen MR) is 181 cm³/mol. The van der Waals surface area contributed by atoms with E-state index in [-0.39, 0.29) is 6.10 Å². The van der Waals surface area contributed by atoms with Gasteiger partial charge in [0.2, 0.25) is 0 Å². The summed E-state index contributed by atoms with van der Waals surface area (Å²) in [6.45, 7) is 4.49. The minimum atomic E-state index is -1.67. The summed E-state index contributed by atoms with van der Waals surface area (Å²) in [4.78, 5) is 0. The molecule has 0 aliphatic carbocycles. The van der Waals surface area contributed by atoms with E-state index < -0.39 is 16.2 Å². The van der Waals surface area contributed by atoms with E-state index in [9.17, 15) is 0 Å². The van der Waals surface area contributed by atoms with E-state index in [1.165, 1.54) is 21.4 Å². The highest BCUT2D eigenvalue weighted by Gasteiger charge is 2.24. The zero-order valence-corrected chi connectivity index (χ0v) is 25.5. The molecule has 0 aliphatic heterocycles. The van der Waals surface area contributed by atoms with Crippen molar-refractivity contribution in [3.05, 3.63) is 133 Å². The van der Waals surface area contributed by atoms with Crippen LogP contribution in [0, 0.1) is 0 Å². The molecule has 0 unspecified atom stereocenters. The Kier molecular flexibility index (Phi) is 7.57. The number of benzene rings is 6. The van der Waals surface area contributed by atoms with Gasteiger partial charge in [-0.05, 0) is 71.2 Å². The Morgan fingerprint density at radius 2 is 1.02 bits per heavy atom. The Balaban J connectivity index is 1.30. The molecule has 0 spiro atoms. The highest BCUT2D eigenvalue weighted by molar-refractivity contribution is 7.73. The fraction of sp³-hybridized carbons (Fsp3) is 0.135. The maximum atomic E-state index is 6.63. The van der Waals surface area contributed by atoms with Crippen molar-refractivity contribution >= 4 is 70.3 Å². The first kappa shape index (κ1) is 27.0. The molecule has 208 valence electrons. The second-order valence-corrected chi connectivity index (χ2v) is 14.4. The van der Waals surface area contributed by atoms with Gasteiger partial charge in [-0.1, -0.05) is 128 Å². The van der Waals surface area contributed by atoms with E-state index in [1.54, 1.807) is 0 Å². The summed E-state index contributed by atoms with van der Waals surface area (Å²) in [5.74, 6) is 0. The van der Waals surface area contributed by atoms with Crippen molar-refractivity contribution in [1.29, 1.82) is 0 Å². The molecule has 7 aromatic rings. The minimum absolute atomic E-state index is 0.0607. The van der Waals surface area contributed by atoms with Crippen LogP contribution in [-0.2, 0) is 0 Å². The van der Waals surface area contributed by atoms with Crippen LogP contribution in [0.15, 0.2) is 142 Å². The van der Waals surface area contributed by atoms with Gasteiger partial charge in [0.15, 0.2) is 0 Å². The van der Waals surface area contributed by atoms with Gasteiger partial charge in [0.05, 0.1) is 6.10 Å². The SMILES string of the molecule is C[C@H](C[C@H](C)P(c1ccccc1)c1ccccc1)Op1oc2ccc3ccccc3c2c2c(ccc3ccccc32)o1. The summed E-state index contributed by atoms with van der Waals surface area (Å²) < 4.78 is 19.8. The summed E-state index contributed by atoms with van der Waals surface area (Å²) in [6.07, 6.45) is 0.824. The summed E-state index contributed by atoms with van der Waals surface area (Å²) >= 11 is 0. The van der Waals surface area contributed by atoms with Crippen LogP contribution in [0.5, 0.6) is 0 Å². The number of fused-ring (bicyclic) bond motifs is 7. The first-order chi connectivity index (χ1) is 20.7. The molecule has 5 heteroatoms. The lowest BCUT2D eigenvalue weighted by molar-refractivity contribution is 0.266. The zero-order valence-electron chi connectivity index (χ0n) is 23.7. The highest BCUT2D eigenvalue weighted by Crippen LogP contribution is 2.44. The molecule has 3 nitrogen and oxygen atoms in total. The van der Waals surface area contributed by atoms with Gasteiger partial charge in [0.25, 0.3) is 0 Å². The maximum Gasteiger partial charge on any atom is 0.387 e. The molecule has 1 heterocycles. The van der Waals surface area contributed by atoms with Crippen molar-refractivity contribution in [2.75, 3.05) is 0 Å². The lowest BCUT2D eigenvalue weighted by atomic mass is 9.99. The van der Waals surface area contributed by atoms with Crippen LogP contribution in [-0.4, -0.2) is 11.8 Å². The molecule has 0 radical (unpaired) electrons. The van der Waals surface area contributed by atoms with Crippen molar-refractivity contribution in [3.8, 4) is 0 Å². The standard InChI is InChI=1S/C37H32O3P2/c1-26(25-27(2)41(30-15-5-3-6-16-30)31-17-7-4-8-18-31)38-42-39-34-23-21-28-13-9-11-19-32(28)36(34)37-33-20-12-10-14-29(33)22-24-35(37)40-42/h3-24,26-27H,25H2,1-2H3/t26-,27+/m1/s1. The third-order valence-corrected chi connectivity index (χ3v) is 11.9. The van der Waals surface area contributed by atoms with Gasteiger partial charge in [-0.3, -0.25) is 4.52 Å². The Labute approximate surface area is 248 Å². The van der Waals surface area contributed by atoms with Crippen LogP contribution in [0.2, 0.25) is 0 Å². The Hall–Kier alpha value is -3.87. The van der Waals surface area contributed by atoms with Crippen molar-refractivity contribution in [2.45, 2.75) is 32.0 Å². The van der Waals surface area contributed by atoms with E-state index in [4.69, 9.17) is 12.9 Å². The van der Waals surface area contributed by atoms with Gasteiger partial charge >= 0.3 is 8.24 Å². The third kappa shape index (κ3) is 5.25. The highest BCUT2D eigenvalue weighted by atomic mass is 31.1. The average molecular weight is 587 g/mol. The van der Waals surface area contributed by atoms with Crippen LogP contribution in [0.3, 0.4) is 0 Å². The van der Waals surface area contributed by atoms with Gasteiger partial charge in [0, 0.05) is 10.8 Å². The van der Waals surface area contributed by atoms with Gasteiger partial charge in [-0.2, -0.15) is 0 Å². The average Bonchev–Trinajstić information content (AvgIpc) is 3.18. The fourth-order valence-electron chi connectivity index (χ4n) is 6.00. The molecule has 0 aliphatic rings. The van der Waals surface area contributed by atoms with Crippen molar-refractivity contribution in [2.24, 2.45) is 0 Å². The van der Waals surface area contributed by atoms with Crippen LogP contribution in [0.1, 0.15) is 20.3 Å². The molecule has 0 bridgehead atoms. The summed E-state index contributed by atoms with van der Waals surface area (Å²) in [5.41, 5.74) is 1.99. The van der Waals surface area contributed by atoms with E-state index >= 15 is 0 Å². The van der Waals surface area contributed by atoms with Crippen molar-refractivity contribution in [1.82, 2.24) is 0 Å². The van der Waals surface area contributed by atoms with E-state index in [0.29, 0.717) is 5.66 Å². The second-order valence-electron chi connectivity index (χ2n) is 10.8. The van der Waals surface area contributed by atoms with E-state index in [2.05, 4.69) is 147 Å². The number of hydrogen-bond acceptors (Lipinski definition) is 3. The molecule has 0 saturated heterocycles. The summed E-state index contributed by atoms with van der Waals surface area (Å²) in [6, 6.07) is 47.0. The molecule has 0 N–H and O–H groups in total. The summed E-state index contributed by atoms with van der Waals surface area (Å²) in [5, 5.41) is 9.52. The number of hydrogen-bond donors (Lipinski definition) is 0. The van der Waals surface area contributed by atoms with Crippen molar-refractivity contribution < 1.29 is 12.9 Å². The first-order valence-corrected chi connectivity index (χ1v) is 16.9. The van der Waals surface area contributed by atoms with Crippen LogP contribution < -0.4 is 15.1 Å². The quantitative estimate of drug-likeness (QED) is 0.174. The predicted octanol–water partition coefficient (Wildman–Crippen LogP) is 10.3. The first-order valence-electron chi connectivity index (χ1n) is 14.4. The van der Waals surface area contributed by atoms with Gasteiger partial charge in [-0.15, -0.1) is 0 Å². The number of rotatable bonds is 7. The van der Waals surface area contributed by atoms with E-state index in [0.717, 1.165) is 39.1 Å². The molecule has 0 saturated carbocycles. The van der Waals surface area contributed by atoms with Gasteiger partial charge in [-0.25, -0.2) is 0 Å². The molecule has 42 heavy (non-hydrogen) atoms. The molecule has 7 rings (SSSR count).